The third-order valence-corrected chi connectivity index (χ3v) is 4.49. The van der Waals surface area contributed by atoms with Crippen molar-refractivity contribution in [1.29, 1.82) is 0 Å². The Kier molecular flexibility index (Phi) is 5.12. The predicted octanol–water partition coefficient (Wildman–Crippen LogP) is 2.48. The lowest BCUT2D eigenvalue weighted by Crippen LogP contribution is -2.43. The molecule has 0 atom stereocenters. The van der Waals surface area contributed by atoms with Crippen LogP contribution in [0.4, 0.5) is 5.69 Å². The highest BCUT2D eigenvalue weighted by atomic mass is 32.2. The van der Waals surface area contributed by atoms with Crippen LogP contribution in [0.25, 0.3) is 0 Å². The zero-order valence-corrected chi connectivity index (χ0v) is 13.9. The predicted molar refractivity (Wildman–Crippen MR) is 92.0 cm³/mol. The molecule has 0 fully saturated rings. The maximum absolute atomic E-state index is 12.1. The van der Waals surface area contributed by atoms with Gasteiger partial charge in [-0.3, -0.25) is 5.43 Å². The largest absolute Gasteiger partial charge is 0.331 e. The summed E-state index contributed by atoms with van der Waals surface area (Å²) in [6.07, 6.45) is 0. The molecule has 0 saturated carbocycles. The molecule has 0 aliphatic heterocycles. The van der Waals surface area contributed by atoms with Crippen LogP contribution in [0.2, 0.25) is 0 Å². The van der Waals surface area contributed by atoms with Gasteiger partial charge < -0.3 is 5.32 Å². The monoisotopic (exact) mass is 335 g/mol. The fourth-order valence-corrected chi connectivity index (χ4v) is 2.83. The third-order valence-electron chi connectivity index (χ3n) is 3.02. The van der Waals surface area contributed by atoms with Crippen LogP contribution in [0.3, 0.4) is 0 Å². The Hall–Kier alpha value is -1.96. The van der Waals surface area contributed by atoms with Crippen LogP contribution < -0.4 is 15.6 Å². The van der Waals surface area contributed by atoms with Crippen LogP contribution in [-0.2, 0) is 10.0 Å². The van der Waals surface area contributed by atoms with Crippen molar-refractivity contribution in [3.05, 3.63) is 59.7 Å². The van der Waals surface area contributed by atoms with Gasteiger partial charge in [-0.15, -0.1) is 4.83 Å². The van der Waals surface area contributed by atoms with Gasteiger partial charge in [-0.1, -0.05) is 35.9 Å². The smallest absolute Gasteiger partial charge is 0.257 e. The minimum Gasteiger partial charge on any atom is -0.331 e. The van der Waals surface area contributed by atoms with Crippen molar-refractivity contribution < 1.29 is 8.42 Å². The molecule has 0 radical (unpaired) electrons. The molecule has 0 saturated heterocycles. The molecule has 0 aliphatic rings. The van der Waals surface area contributed by atoms with Gasteiger partial charge in [-0.2, -0.15) is 0 Å². The maximum Gasteiger partial charge on any atom is 0.257 e. The molecule has 0 bridgehead atoms. The molecule has 2 aromatic rings. The molecule has 0 spiro atoms. The van der Waals surface area contributed by atoms with Crippen LogP contribution in [-0.4, -0.2) is 13.5 Å². The molecule has 7 heteroatoms. The first-order valence-electron chi connectivity index (χ1n) is 6.59. The topological polar surface area (TPSA) is 70.2 Å². The molecular weight excluding hydrogens is 318 g/mol. The summed E-state index contributed by atoms with van der Waals surface area (Å²) in [7, 11) is -3.66. The average Bonchev–Trinajstić information content (AvgIpc) is 2.48. The zero-order chi connectivity index (χ0) is 16.2. The fraction of sp³-hybridized carbons (Fsp3) is 0.133. The average molecular weight is 335 g/mol. The van der Waals surface area contributed by atoms with E-state index in [1.165, 1.54) is 12.1 Å². The number of benzene rings is 2. The second-order valence-electron chi connectivity index (χ2n) is 4.81. The van der Waals surface area contributed by atoms with Crippen LogP contribution in [0, 0.1) is 13.8 Å². The molecule has 22 heavy (non-hydrogen) atoms. The van der Waals surface area contributed by atoms with E-state index >= 15 is 0 Å². The molecular formula is C15H17N3O2S2. The number of hydrazine groups is 1. The number of nitrogens with one attached hydrogen (secondary N) is 3. The normalized spacial score (nSPS) is 11.0. The Morgan fingerprint density at radius 3 is 2.27 bits per heavy atom. The van der Waals surface area contributed by atoms with E-state index in [-0.39, 0.29) is 10.0 Å². The molecule has 3 N–H and O–H groups in total. The van der Waals surface area contributed by atoms with Crippen molar-refractivity contribution in [3.8, 4) is 0 Å². The van der Waals surface area contributed by atoms with Crippen molar-refractivity contribution in [2.24, 2.45) is 0 Å². The molecule has 2 aromatic carbocycles. The number of sulfonamides is 1. The summed E-state index contributed by atoms with van der Waals surface area (Å²) in [6.45, 7) is 3.82. The van der Waals surface area contributed by atoms with E-state index in [0.717, 1.165) is 16.8 Å². The number of rotatable bonds is 4. The summed E-state index contributed by atoms with van der Waals surface area (Å²) in [4.78, 5) is 2.42. The van der Waals surface area contributed by atoms with E-state index in [0.29, 0.717) is 0 Å². The molecule has 116 valence electrons. The standard InChI is InChI=1S/C15H17N3O2S2/c1-11-7-9-13(10-8-11)22(19,20)18-17-15(21)16-14-6-4-3-5-12(14)2/h3-10,18H,1-2H3,(H2,16,17,21). The molecule has 2 rings (SSSR count). The highest BCUT2D eigenvalue weighted by Crippen LogP contribution is 2.13. The SMILES string of the molecule is Cc1ccc(S(=O)(=O)NNC(=S)Nc2ccccc2C)cc1. The van der Waals surface area contributed by atoms with Crippen molar-refractivity contribution in [3.63, 3.8) is 0 Å². The minimum absolute atomic E-state index is 0.171. The summed E-state index contributed by atoms with van der Waals surface area (Å²) in [5.74, 6) is 0. The van der Waals surface area contributed by atoms with Crippen LogP contribution in [0.15, 0.2) is 53.4 Å². The number of para-hydroxylation sites is 1. The lowest BCUT2D eigenvalue weighted by molar-refractivity contribution is 0.578. The van der Waals surface area contributed by atoms with Crippen LogP contribution in [0.1, 0.15) is 11.1 Å². The first-order valence-corrected chi connectivity index (χ1v) is 8.49. The summed E-state index contributed by atoms with van der Waals surface area (Å²) >= 11 is 5.09. The highest BCUT2D eigenvalue weighted by Gasteiger charge is 2.13. The highest BCUT2D eigenvalue weighted by molar-refractivity contribution is 7.89. The summed E-state index contributed by atoms with van der Waals surface area (Å²) in [5, 5.41) is 3.11. The zero-order valence-electron chi connectivity index (χ0n) is 12.3. The van der Waals surface area contributed by atoms with Crippen molar-refractivity contribution in [2.75, 3.05) is 5.32 Å². The second kappa shape index (κ2) is 6.87. The number of aryl methyl sites for hydroxylation is 2. The summed E-state index contributed by atoms with van der Waals surface area (Å²) in [6, 6.07) is 14.1. The molecule has 5 nitrogen and oxygen atoms in total. The Labute approximate surface area is 135 Å². The van der Waals surface area contributed by atoms with Gasteiger partial charge in [-0.05, 0) is 49.8 Å². The van der Waals surface area contributed by atoms with Gasteiger partial charge in [-0.25, -0.2) is 8.42 Å². The minimum atomic E-state index is -3.66. The van der Waals surface area contributed by atoms with E-state index in [2.05, 4.69) is 15.6 Å². The number of hydrogen-bond donors (Lipinski definition) is 3. The van der Waals surface area contributed by atoms with Gasteiger partial charge in [0.1, 0.15) is 0 Å². The summed E-state index contributed by atoms with van der Waals surface area (Å²) in [5.41, 5.74) is 5.31. The first kappa shape index (κ1) is 16.4. The van der Waals surface area contributed by atoms with E-state index in [1.54, 1.807) is 12.1 Å². The molecule has 0 aliphatic carbocycles. The van der Waals surface area contributed by atoms with Gasteiger partial charge >= 0.3 is 0 Å². The first-order chi connectivity index (χ1) is 10.4. The number of hydrogen-bond acceptors (Lipinski definition) is 3. The van der Waals surface area contributed by atoms with Gasteiger partial charge in [0.25, 0.3) is 10.0 Å². The Balaban J connectivity index is 1.98. The van der Waals surface area contributed by atoms with Gasteiger partial charge in [0.15, 0.2) is 5.11 Å². The van der Waals surface area contributed by atoms with Gasteiger partial charge in [0, 0.05) is 5.69 Å². The Morgan fingerprint density at radius 1 is 1.00 bits per heavy atom. The quantitative estimate of drug-likeness (QED) is 0.591. The van der Waals surface area contributed by atoms with E-state index in [9.17, 15) is 8.42 Å². The molecule has 0 amide bonds. The molecule has 0 aromatic heterocycles. The lowest BCUT2D eigenvalue weighted by Gasteiger charge is -2.13. The Morgan fingerprint density at radius 2 is 1.64 bits per heavy atom. The van der Waals surface area contributed by atoms with Crippen LogP contribution in [0.5, 0.6) is 0 Å². The Bertz CT molecular complexity index is 772. The second-order valence-corrected chi connectivity index (χ2v) is 6.90. The fourth-order valence-electron chi connectivity index (χ4n) is 1.76. The van der Waals surface area contributed by atoms with E-state index in [1.807, 2.05) is 38.1 Å². The van der Waals surface area contributed by atoms with E-state index in [4.69, 9.17) is 12.2 Å². The lowest BCUT2D eigenvalue weighted by atomic mass is 10.2. The molecule has 0 heterocycles. The van der Waals surface area contributed by atoms with E-state index < -0.39 is 10.0 Å². The van der Waals surface area contributed by atoms with Crippen molar-refractivity contribution in [2.45, 2.75) is 18.7 Å². The van der Waals surface area contributed by atoms with Crippen LogP contribution >= 0.6 is 12.2 Å². The number of anilines is 1. The summed E-state index contributed by atoms with van der Waals surface area (Å²) < 4.78 is 24.2. The maximum atomic E-state index is 12.1. The third kappa shape index (κ3) is 4.27. The van der Waals surface area contributed by atoms with Gasteiger partial charge in [0.05, 0.1) is 4.90 Å². The van der Waals surface area contributed by atoms with Crippen molar-refractivity contribution in [1.82, 2.24) is 10.3 Å². The van der Waals surface area contributed by atoms with Gasteiger partial charge in [0.2, 0.25) is 0 Å². The van der Waals surface area contributed by atoms with Crippen molar-refractivity contribution >= 4 is 33.0 Å². The number of thiocarbonyl (C=S) groups is 1. The molecule has 0 unspecified atom stereocenters.